The van der Waals surface area contributed by atoms with Gasteiger partial charge in [-0.3, -0.25) is 14.7 Å². The molecule has 0 unspecified atom stereocenters. The quantitative estimate of drug-likeness (QED) is 0.622. The number of pyridine rings is 1. The lowest BCUT2D eigenvalue weighted by Gasteiger charge is -2.25. The summed E-state index contributed by atoms with van der Waals surface area (Å²) in [5, 5.41) is 0. The number of aromatic amines is 1. The number of nitrogens with zero attached hydrogens (tertiary/aromatic N) is 4. The van der Waals surface area contributed by atoms with E-state index in [-0.39, 0.29) is 12.0 Å². The molecule has 1 aliphatic rings. The summed E-state index contributed by atoms with van der Waals surface area (Å²) in [6, 6.07) is 14.2. The second-order valence-corrected chi connectivity index (χ2v) is 7.57. The van der Waals surface area contributed by atoms with Gasteiger partial charge in [0.25, 0.3) is 0 Å². The van der Waals surface area contributed by atoms with E-state index in [9.17, 15) is 4.79 Å². The van der Waals surface area contributed by atoms with E-state index in [4.69, 9.17) is 4.74 Å². The molecule has 30 heavy (non-hydrogen) atoms. The minimum absolute atomic E-state index is 0.0737. The van der Waals surface area contributed by atoms with Gasteiger partial charge in [-0.15, -0.1) is 0 Å². The highest BCUT2D eigenvalue weighted by Crippen LogP contribution is 2.14. The van der Waals surface area contributed by atoms with Crippen LogP contribution in [-0.2, 0) is 29.1 Å². The van der Waals surface area contributed by atoms with E-state index in [1.165, 1.54) is 5.56 Å². The zero-order valence-corrected chi connectivity index (χ0v) is 17.0. The summed E-state index contributed by atoms with van der Waals surface area (Å²) in [4.78, 5) is 28.5. The molecule has 2 aromatic heterocycles. The third kappa shape index (κ3) is 5.75. The fourth-order valence-electron chi connectivity index (χ4n) is 3.69. The van der Waals surface area contributed by atoms with Crippen LogP contribution in [0, 0.1) is 0 Å². The molecular weight excluding hydrogens is 378 g/mol. The van der Waals surface area contributed by atoms with Crippen molar-refractivity contribution in [1.82, 2.24) is 24.8 Å². The molecule has 1 fully saturated rings. The largest absolute Gasteiger partial charge is 0.370 e. The van der Waals surface area contributed by atoms with Gasteiger partial charge >= 0.3 is 0 Å². The maximum Gasteiger partial charge on any atom is 0.236 e. The number of rotatable bonds is 8. The molecule has 3 heterocycles. The van der Waals surface area contributed by atoms with Gasteiger partial charge in [0.05, 0.1) is 25.8 Å². The predicted octanol–water partition coefficient (Wildman–Crippen LogP) is 2.28. The Morgan fingerprint density at radius 1 is 1.03 bits per heavy atom. The average Bonchev–Trinajstić information content (AvgIpc) is 3.23. The average molecular weight is 406 g/mol. The summed E-state index contributed by atoms with van der Waals surface area (Å²) in [6.45, 7) is 3.42. The predicted molar refractivity (Wildman–Crippen MR) is 113 cm³/mol. The molecule has 7 heteroatoms. The van der Waals surface area contributed by atoms with E-state index in [1.807, 2.05) is 35.2 Å². The number of hydrogen-bond donors (Lipinski definition) is 1. The maximum atomic E-state index is 13.0. The molecule has 0 spiro atoms. The first-order valence-electron chi connectivity index (χ1n) is 10.3. The smallest absolute Gasteiger partial charge is 0.236 e. The van der Waals surface area contributed by atoms with Crippen molar-refractivity contribution in [2.75, 3.05) is 26.2 Å². The van der Waals surface area contributed by atoms with Crippen LogP contribution in [0.15, 0.2) is 67.3 Å². The lowest BCUT2D eigenvalue weighted by molar-refractivity contribution is -0.131. The van der Waals surface area contributed by atoms with Crippen molar-refractivity contribution in [3.8, 4) is 0 Å². The van der Waals surface area contributed by atoms with Crippen molar-refractivity contribution < 1.29 is 9.53 Å². The van der Waals surface area contributed by atoms with Gasteiger partial charge in [-0.05, 0) is 29.7 Å². The van der Waals surface area contributed by atoms with E-state index < -0.39 is 0 Å². The minimum Gasteiger partial charge on any atom is -0.370 e. The molecule has 0 aliphatic carbocycles. The van der Waals surface area contributed by atoms with Gasteiger partial charge in [-0.2, -0.15) is 0 Å². The Bertz CT molecular complexity index is 902. The number of carbonyl (C=O) groups excluding carboxylic acids is 1. The van der Waals surface area contributed by atoms with Gasteiger partial charge in [0, 0.05) is 44.4 Å². The number of H-pyrrole nitrogens is 1. The third-order valence-electron chi connectivity index (χ3n) is 5.27. The van der Waals surface area contributed by atoms with Crippen LogP contribution in [-0.4, -0.2) is 62.9 Å². The molecule has 0 radical (unpaired) electrons. The van der Waals surface area contributed by atoms with Gasteiger partial charge in [0.2, 0.25) is 5.91 Å². The first-order chi connectivity index (χ1) is 14.8. The zero-order valence-electron chi connectivity index (χ0n) is 17.0. The number of hydrogen-bond acceptors (Lipinski definition) is 5. The molecule has 7 nitrogen and oxygen atoms in total. The topological polar surface area (TPSA) is 74.3 Å². The Kier molecular flexibility index (Phi) is 6.84. The third-order valence-corrected chi connectivity index (χ3v) is 5.27. The van der Waals surface area contributed by atoms with Crippen LogP contribution in [0.2, 0.25) is 0 Å². The van der Waals surface area contributed by atoms with E-state index in [0.29, 0.717) is 39.3 Å². The zero-order chi connectivity index (χ0) is 20.6. The Morgan fingerprint density at radius 2 is 1.87 bits per heavy atom. The Labute approximate surface area is 176 Å². The normalized spacial score (nSPS) is 17.8. The second kappa shape index (κ2) is 10.1. The molecule has 0 bridgehead atoms. The fraction of sp³-hybridized carbons (Fsp3) is 0.348. The first kappa shape index (κ1) is 20.3. The molecule has 1 saturated heterocycles. The molecule has 0 saturated carbocycles. The maximum absolute atomic E-state index is 13.0. The SMILES string of the molecule is O=C1CN(Cc2ncc[nH]2)C[C@H](OCc2ccncc2)CN1CCc1ccccc1. The van der Waals surface area contributed by atoms with Crippen LogP contribution in [0.1, 0.15) is 17.0 Å². The Morgan fingerprint density at radius 3 is 2.63 bits per heavy atom. The molecule has 3 aromatic rings. The minimum atomic E-state index is -0.0737. The van der Waals surface area contributed by atoms with Crippen LogP contribution in [0.4, 0.5) is 0 Å². The summed E-state index contributed by atoms with van der Waals surface area (Å²) < 4.78 is 6.24. The van der Waals surface area contributed by atoms with Crippen LogP contribution in [0.5, 0.6) is 0 Å². The van der Waals surface area contributed by atoms with Crippen LogP contribution in [0.3, 0.4) is 0 Å². The Balaban J connectivity index is 1.43. The highest BCUT2D eigenvalue weighted by Gasteiger charge is 2.28. The van der Waals surface area contributed by atoms with E-state index in [1.54, 1.807) is 24.8 Å². The van der Waals surface area contributed by atoms with Crippen molar-refractivity contribution in [2.45, 2.75) is 25.7 Å². The Hall–Kier alpha value is -3.03. The molecule has 156 valence electrons. The lowest BCUT2D eigenvalue weighted by atomic mass is 10.1. The fourth-order valence-corrected chi connectivity index (χ4v) is 3.69. The van der Waals surface area contributed by atoms with Gasteiger partial charge in [0.15, 0.2) is 0 Å². The molecule has 1 aromatic carbocycles. The second-order valence-electron chi connectivity index (χ2n) is 7.57. The molecule has 1 amide bonds. The summed E-state index contributed by atoms with van der Waals surface area (Å²) in [5.41, 5.74) is 2.31. The molecule has 1 atom stereocenters. The summed E-state index contributed by atoms with van der Waals surface area (Å²) >= 11 is 0. The molecule has 1 N–H and O–H groups in total. The number of amides is 1. The van der Waals surface area contributed by atoms with Crippen molar-refractivity contribution in [2.24, 2.45) is 0 Å². The first-order valence-corrected chi connectivity index (χ1v) is 10.3. The van der Waals surface area contributed by atoms with Gasteiger partial charge in [-0.1, -0.05) is 30.3 Å². The number of imidazole rings is 1. The lowest BCUT2D eigenvalue weighted by Crippen LogP contribution is -2.39. The van der Waals surface area contributed by atoms with E-state index in [0.717, 1.165) is 17.8 Å². The van der Waals surface area contributed by atoms with Crippen LogP contribution in [0.25, 0.3) is 0 Å². The van der Waals surface area contributed by atoms with Crippen molar-refractivity contribution >= 4 is 5.91 Å². The van der Waals surface area contributed by atoms with Gasteiger partial charge in [0.1, 0.15) is 5.82 Å². The number of aromatic nitrogens is 3. The van der Waals surface area contributed by atoms with Gasteiger partial charge < -0.3 is 14.6 Å². The number of nitrogens with one attached hydrogen (secondary N) is 1. The number of benzene rings is 1. The number of carbonyl (C=O) groups is 1. The van der Waals surface area contributed by atoms with E-state index >= 15 is 0 Å². The standard InChI is InChI=1S/C23H27N5O2/c29-23-17-27(16-22-25-11-12-26-22)14-21(30-18-20-6-9-24-10-7-20)15-28(23)13-8-19-4-2-1-3-5-19/h1-7,9-12,21H,8,13-18H2,(H,25,26)/t21-/m0/s1. The van der Waals surface area contributed by atoms with Crippen LogP contribution >= 0.6 is 0 Å². The summed E-state index contributed by atoms with van der Waals surface area (Å²) in [6.07, 6.45) is 7.84. The molecule has 1 aliphatic heterocycles. The molecular formula is C23H27N5O2. The van der Waals surface area contributed by atoms with Crippen molar-refractivity contribution in [3.05, 3.63) is 84.2 Å². The number of ether oxygens (including phenoxy) is 1. The van der Waals surface area contributed by atoms with Crippen molar-refractivity contribution in [1.29, 1.82) is 0 Å². The molecule has 4 rings (SSSR count). The summed E-state index contributed by atoms with van der Waals surface area (Å²) in [5.74, 6) is 0.987. The highest BCUT2D eigenvalue weighted by molar-refractivity contribution is 5.78. The highest BCUT2D eigenvalue weighted by atomic mass is 16.5. The van der Waals surface area contributed by atoms with Gasteiger partial charge in [-0.25, -0.2) is 4.98 Å². The van der Waals surface area contributed by atoms with E-state index in [2.05, 4.69) is 32.0 Å². The summed E-state index contributed by atoms with van der Waals surface area (Å²) in [7, 11) is 0. The van der Waals surface area contributed by atoms with Crippen molar-refractivity contribution in [3.63, 3.8) is 0 Å². The van der Waals surface area contributed by atoms with Crippen LogP contribution < -0.4 is 0 Å². The monoisotopic (exact) mass is 405 g/mol.